The summed E-state index contributed by atoms with van der Waals surface area (Å²) >= 11 is 0. The molecular formula is C16H18F3N3O4. The van der Waals surface area contributed by atoms with Crippen molar-refractivity contribution in [1.82, 2.24) is 15.5 Å². The summed E-state index contributed by atoms with van der Waals surface area (Å²) in [5.41, 5.74) is 0.828. The van der Waals surface area contributed by atoms with Crippen molar-refractivity contribution in [2.75, 3.05) is 19.6 Å². The van der Waals surface area contributed by atoms with E-state index in [2.05, 4.69) is 5.32 Å². The zero-order valence-corrected chi connectivity index (χ0v) is 13.7. The molecule has 1 heterocycles. The molecule has 3 N–H and O–H groups in total. The molecule has 1 aromatic carbocycles. The largest absolute Gasteiger partial charge is 0.478 e. The van der Waals surface area contributed by atoms with Gasteiger partial charge in [-0.2, -0.15) is 13.2 Å². The number of amides is 3. The fraction of sp³-hybridized carbons (Fsp3) is 0.438. The summed E-state index contributed by atoms with van der Waals surface area (Å²) in [5.74, 6) is -2.44. The van der Waals surface area contributed by atoms with Crippen LogP contribution in [0.3, 0.4) is 0 Å². The molecule has 3 amide bonds. The molecule has 0 aliphatic carbocycles. The molecule has 0 saturated carbocycles. The van der Waals surface area contributed by atoms with E-state index in [0.717, 1.165) is 0 Å². The molecule has 7 nitrogen and oxygen atoms in total. The van der Waals surface area contributed by atoms with Crippen molar-refractivity contribution in [3.63, 3.8) is 0 Å². The second kappa shape index (κ2) is 8.07. The van der Waals surface area contributed by atoms with Crippen molar-refractivity contribution in [1.29, 1.82) is 0 Å². The highest BCUT2D eigenvalue weighted by Crippen LogP contribution is 2.18. The first-order valence-electron chi connectivity index (χ1n) is 7.85. The van der Waals surface area contributed by atoms with Gasteiger partial charge < -0.3 is 20.6 Å². The molecule has 1 unspecified atom stereocenters. The van der Waals surface area contributed by atoms with E-state index < -0.39 is 36.5 Å². The van der Waals surface area contributed by atoms with Crippen molar-refractivity contribution >= 4 is 17.9 Å². The maximum Gasteiger partial charge on any atom is 0.405 e. The van der Waals surface area contributed by atoms with Crippen LogP contribution in [-0.4, -0.2) is 53.7 Å². The summed E-state index contributed by atoms with van der Waals surface area (Å²) in [7, 11) is 0. The number of nitrogens with one attached hydrogen (secondary N) is 2. The minimum absolute atomic E-state index is 0.0491. The van der Waals surface area contributed by atoms with Crippen LogP contribution in [0.15, 0.2) is 24.3 Å². The Hall–Kier alpha value is -2.78. The first-order chi connectivity index (χ1) is 12.2. The number of carbonyl (C=O) groups is 3. The Balaban J connectivity index is 1.78. The number of benzene rings is 1. The maximum absolute atomic E-state index is 12.1. The third-order valence-corrected chi connectivity index (χ3v) is 3.95. The average molecular weight is 373 g/mol. The van der Waals surface area contributed by atoms with E-state index in [4.69, 9.17) is 5.11 Å². The van der Waals surface area contributed by atoms with Gasteiger partial charge in [-0.05, 0) is 24.1 Å². The standard InChI is InChI=1S/C16H18F3N3O4/c17-16(18,19)9-21-13(23)12-5-6-22(8-12)15(26)20-7-10-1-3-11(4-2-10)14(24)25/h1-4,12H,5-9H2,(H,20,26)(H,21,23)(H,24,25). The number of urea groups is 1. The van der Waals surface area contributed by atoms with Gasteiger partial charge in [-0.3, -0.25) is 4.79 Å². The Morgan fingerprint density at radius 2 is 1.81 bits per heavy atom. The molecule has 1 aliphatic rings. The normalized spacial score (nSPS) is 17.0. The third-order valence-electron chi connectivity index (χ3n) is 3.95. The smallest absolute Gasteiger partial charge is 0.405 e. The van der Waals surface area contributed by atoms with Gasteiger partial charge in [-0.25, -0.2) is 9.59 Å². The highest BCUT2D eigenvalue weighted by Gasteiger charge is 2.33. The van der Waals surface area contributed by atoms with Gasteiger partial charge in [-0.15, -0.1) is 0 Å². The molecule has 1 aromatic rings. The molecule has 142 valence electrons. The zero-order valence-electron chi connectivity index (χ0n) is 13.7. The van der Waals surface area contributed by atoms with Crippen LogP contribution in [-0.2, 0) is 11.3 Å². The SMILES string of the molecule is O=C(O)c1ccc(CNC(=O)N2CCC(C(=O)NCC(F)(F)F)C2)cc1. The maximum atomic E-state index is 12.1. The molecule has 1 aliphatic heterocycles. The van der Waals surface area contributed by atoms with Crippen molar-refractivity contribution in [3.05, 3.63) is 35.4 Å². The van der Waals surface area contributed by atoms with Crippen LogP contribution in [0.5, 0.6) is 0 Å². The molecule has 2 rings (SSSR count). The van der Waals surface area contributed by atoms with Gasteiger partial charge in [0.15, 0.2) is 0 Å². The van der Waals surface area contributed by atoms with Crippen molar-refractivity contribution in [3.8, 4) is 0 Å². The van der Waals surface area contributed by atoms with Crippen LogP contribution < -0.4 is 10.6 Å². The molecule has 0 radical (unpaired) electrons. The molecular weight excluding hydrogens is 355 g/mol. The Morgan fingerprint density at radius 1 is 1.15 bits per heavy atom. The lowest BCUT2D eigenvalue weighted by Crippen LogP contribution is -2.41. The monoisotopic (exact) mass is 373 g/mol. The highest BCUT2D eigenvalue weighted by atomic mass is 19.4. The van der Waals surface area contributed by atoms with Gasteiger partial charge in [0, 0.05) is 19.6 Å². The van der Waals surface area contributed by atoms with E-state index in [1.54, 1.807) is 12.1 Å². The fourth-order valence-corrected chi connectivity index (χ4v) is 2.55. The number of carboxylic acid groups (broad SMARTS) is 1. The lowest BCUT2D eigenvalue weighted by Gasteiger charge is -2.17. The van der Waals surface area contributed by atoms with E-state index >= 15 is 0 Å². The highest BCUT2D eigenvalue weighted by molar-refractivity contribution is 5.87. The van der Waals surface area contributed by atoms with Gasteiger partial charge in [-0.1, -0.05) is 12.1 Å². The van der Waals surface area contributed by atoms with Crippen LogP contribution >= 0.6 is 0 Å². The average Bonchev–Trinajstić information content (AvgIpc) is 3.07. The zero-order chi connectivity index (χ0) is 19.3. The lowest BCUT2D eigenvalue weighted by atomic mass is 10.1. The van der Waals surface area contributed by atoms with Crippen LogP contribution in [0.1, 0.15) is 22.3 Å². The molecule has 0 bridgehead atoms. The summed E-state index contributed by atoms with van der Waals surface area (Å²) in [6.45, 7) is -0.900. The number of likely N-dealkylation sites (tertiary alicyclic amines) is 1. The fourth-order valence-electron chi connectivity index (χ4n) is 2.55. The van der Waals surface area contributed by atoms with Crippen molar-refractivity contribution in [2.24, 2.45) is 5.92 Å². The number of carboxylic acids is 1. The Morgan fingerprint density at radius 3 is 2.38 bits per heavy atom. The van der Waals surface area contributed by atoms with Gasteiger partial charge in [0.2, 0.25) is 5.91 Å². The molecule has 1 saturated heterocycles. The van der Waals surface area contributed by atoms with Crippen molar-refractivity contribution in [2.45, 2.75) is 19.1 Å². The predicted octanol–water partition coefficient (Wildman–Crippen LogP) is 1.59. The topological polar surface area (TPSA) is 98.7 Å². The molecule has 26 heavy (non-hydrogen) atoms. The van der Waals surface area contributed by atoms with Crippen LogP contribution in [0.2, 0.25) is 0 Å². The van der Waals surface area contributed by atoms with E-state index in [-0.39, 0.29) is 25.2 Å². The van der Waals surface area contributed by atoms with E-state index in [0.29, 0.717) is 12.0 Å². The molecule has 1 fully saturated rings. The van der Waals surface area contributed by atoms with Crippen LogP contribution in [0.25, 0.3) is 0 Å². The van der Waals surface area contributed by atoms with Gasteiger partial charge in [0.05, 0.1) is 11.5 Å². The first kappa shape index (κ1) is 19.5. The quantitative estimate of drug-likeness (QED) is 0.730. The molecule has 10 heteroatoms. The first-order valence-corrected chi connectivity index (χ1v) is 7.85. The number of hydrogen-bond acceptors (Lipinski definition) is 3. The van der Waals surface area contributed by atoms with Gasteiger partial charge in [0.25, 0.3) is 0 Å². The summed E-state index contributed by atoms with van der Waals surface area (Å²) in [6.07, 6.45) is -4.17. The summed E-state index contributed by atoms with van der Waals surface area (Å²) in [6, 6.07) is 5.54. The molecule has 1 atom stereocenters. The Kier molecular flexibility index (Phi) is 6.06. The number of carbonyl (C=O) groups excluding carboxylic acids is 2. The number of rotatable bonds is 5. The number of aromatic carboxylic acids is 1. The second-order valence-electron chi connectivity index (χ2n) is 5.93. The molecule has 0 spiro atoms. The minimum Gasteiger partial charge on any atom is -0.478 e. The predicted molar refractivity (Wildman–Crippen MR) is 84.4 cm³/mol. The van der Waals surface area contributed by atoms with E-state index in [9.17, 15) is 27.6 Å². The van der Waals surface area contributed by atoms with Gasteiger partial charge >= 0.3 is 18.2 Å². The molecule has 0 aromatic heterocycles. The van der Waals surface area contributed by atoms with Crippen LogP contribution in [0.4, 0.5) is 18.0 Å². The summed E-state index contributed by atoms with van der Waals surface area (Å²) in [4.78, 5) is 35.9. The Labute approximate surface area is 147 Å². The van der Waals surface area contributed by atoms with Crippen molar-refractivity contribution < 1.29 is 32.7 Å². The Bertz CT molecular complexity index is 676. The number of hydrogen-bond donors (Lipinski definition) is 3. The summed E-state index contributed by atoms with van der Waals surface area (Å²) < 4.78 is 36.4. The number of halogens is 3. The number of nitrogens with zero attached hydrogens (tertiary/aromatic N) is 1. The second-order valence-corrected chi connectivity index (χ2v) is 5.93. The van der Waals surface area contributed by atoms with Gasteiger partial charge in [0.1, 0.15) is 6.54 Å². The summed E-state index contributed by atoms with van der Waals surface area (Å²) in [5, 5.41) is 13.3. The minimum atomic E-state index is -4.47. The van der Waals surface area contributed by atoms with E-state index in [1.165, 1.54) is 17.0 Å². The van der Waals surface area contributed by atoms with Crippen LogP contribution in [0, 0.1) is 5.92 Å². The number of alkyl halides is 3. The third kappa shape index (κ3) is 5.64. The van der Waals surface area contributed by atoms with E-state index in [1.807, 2.05) is 5.32 Å². The lowest BCUT2D eigenvalue weighted by molar-refractivity contribution is -0.140.